The molecular weight excluding hydrogens is 488 g/mol. The number of nitrogens with zero attached hydrogens (tertiary/aromatic N) is 4. The van der Waals surface area contributed by atoms with Crippen molar-refractivity contribution < 1.29 is 0 Å². The van der Waals surface area contributed by atoms with Crippen LogP contribution in [-0.2, 0) is 0 Å². The van der Waals surface area contributed by atoms with Crippen LogP contribution in [-0.4, -0.2) is 19.1 Å². The second-order valence-corrected chi connectivity index (χ2v) is 9.62. The monoisotopic (exact) mass is 518 g/mol. The molecule has 0 atom stereocenters. The predicted octanol–water partition coefficient (Wildman–Crippen LogP) is 9.22. The van der Waals surface area contributed by atoms with Gasteiger partial charge in [-0.25, -0.2) is 0 Å². The lowest BCUT2D eigenvalue weighted by atomic mass is 10.1. The zero-order valence-corrected chi connectivity index (χ0v) is 22.8. The Labute approximate surface area is 234 Å². The van der Waals surface area contributed by atoms with Crippen molar-refractivity contribution in [2.24, 2.45) is 0 Å². The molecule has 6 aromatic rings. The van der Waals surface area contributed by atoms with Crippen LogP contribution in [0.25, 0.3) is 62.8 Å². The van der Waals surface area contributed by atoms with Crippen LogP contribution in [0.5, 0.6) is 0 Å². The molecule has 4 aromatic heterocycles. The largest absolute Gasteiger partial charge is 0.308 e. The molecule has 0 spiro atoms. The molecule has 4 heteroatoms. The average Bonchev–Trinajstić information content (AvgIpc) is 3.47. The number of aryl methyl sites for hydroxylation is 1. The van der Waals surface area contributed by atoms with E-state index in [1.54, 1.807) is 6.08 Å². The second kappa shape index (κ2) is 10.5. The van der Waals surface area contributed by atoms with Gasteiger partial charge in [0, 0.05) is 22.0 Å². The topological polar surface area (TPSA) is 35.6 Å². The van der Waals surface area contributed by atoms with Crippen molar-refractivity contribution in [1.82, 2.24) is 19.1 Å². The lowest BCUT2D eigenvalue weighted by molar-refractivity contribution is 1.07. The second-order valence-electron chi connectivity index (χ2n) is 9.62. The molecule has 0 N–H and O–H groups in total. The van der Waals surface area contributed by atoms with Crippen LogP contribution < -0.4 is 0 Å². The molecule has 0 unspecified atom stereocenters. The standard InChI is InChI=1S/C36H30N4/c1-5-8-16-34-25(4)28-14-9-11-17-35(28)40(34)27-20-22-32(38-24-27)31-21-19-26(23-37-31)39-33(7-3)29(13-6-2)30-15-10-12-18-36(30)39/h5-24H,1,3H2,2,4H3/b13-6-,16-8-. The van der Waals surface area contributed by atoms with Crippen LogP contribution in [0, 0.1) is 6.92 Å². The quantitative estimate of drug-likeness (QED) is 0.197. The lowest BCUT2D eigenvalue weighted by Crippen LogP contribution is -2.00. The summed E-state index contributed by atoms with van der Waals surface area (Å²) in [6.45, 7) is 12.1. The van der Waals surface area contributed by atoms with Gasteiger partial charge in [0.15, 0.2) is 0 Å². The zero-order valence-electron chi connectivity index (χ0n) is 22.8. The van der Waals surface area contributed by atoms with E-state index in [4.69, 9.17) is 9.97 Å². The zero-order chi connectivity index (χ0) is 27.6. The minimum Gasteiger partial charge on any atom is -0.308 e. The van der Waals surface area contributed by atoms with Crippen molar-refractivity contribution in [3.63, 3.8) is 0 Å². The third kappa shape index (κ3) is 4.11. The van der Waals surface area contributed by atoms with Crippen LogP contribution in [0.4, 0.5) is 0 Å². The Morgan fingerprint density at radius 3 is 1.80 bits per heavy atom. The van der Waals surface area contributed by atoms with Crippen LogP contribution >= 0.6 is 0 Å². The van der Waals surface area contributed by atoms with Crippen molar-refractivity contribution in [2.75, 3.05) is 0 Å². The smallest absolute Gasteiger partial charge is 0.0887 e. The van der Waals surface area contributed by atoms with Crippen molar-refractivity contribution in [3.05, 3.63) is 139 Å². The number of para-hydroxylation sites is 2. The van der Waals surface area contributed by atoms with E-state index in [1.165, 1.54) is 16.3 Å². The molecule has 0 radical (unpaired) electrons. The van der Waals surface area contributed by atoms with Gasteiger partial charge in [-0.1, -0.05) is 73.9 Å². The molecule has 0 saturated heterocycles. The molecule has 0 bridgehead atoms. The molecular formula is C36H30N4. The van der Waals surface area contributed by atoms with E-state index in [9.17, 15) is 0 Å². The summed E-state index contributed by atoms with van der Waals surface area (Å²) >= 11 is 0. The molecule has 194 valence electrons. The predicted molar refractivity (Wildman–Crippen MR) is 170 cm³/mol. The Bertz CT molecular complexity index is 1930. The first-order valence-corrected chi connectivity index (χ1v) is 13.4. The van der Waals surface area contributed by atoms with Crippen molar-refractivity contribution >= 4 is 40.0 Å². The molecule has 0 aliphatic carbocycles. The van der Waals surface area contributed by atoms with E-state index in [-0.39, 0.29) is 0 Å². The first-order chi connectivity index (χ1) is 19.7. The average molecular weight is 519 g/mol. The highest BCUT2D eigenvalue weighted by molar-refractivity contribution is 5.95. The fourth-order valence-electron chi connectivity index (χ4n) is 5.50. The van der Waals surface area contributed by atoms with Crippen molar-refractivity contribution in [1.29, 1.82) is 0 Å². The highest BCUT2D eigenvalue weighted by Crippen LogP contribution is 2.33. The van der Waals surface area contributed by atoms with Gasteiger partial charge in [-0.3, -0.25) is 9.97 Å². The number of fused-ring (bicyclic) bond motifs is 2. The Hall–Kier alpha value is -5.22. The molecule has 40 heavy (non-hydrogen) atoms. The summed E-state index contributed by atoms with van der Waals surface area (Å²) in [5.74, 6) is 0. The van der Waals surface area contributed by atoms with Crippen LogP contribution in [0.1, 0.15) is 29.4 Å². The normalized spacial score (nSPS) is 11.8. The minimum atomic E-state index is 0.820. The van der Waals surface area contributed by atoms with E-state index >= 15 is 0 Å². The molecule has 0 saturated carbocycles. The molecule has 0 fully saturated rings. The Morgan fingerprint density at radius 2 is 1.25 bits per heavy atom. The first kappa shape index (κ1) is 25.1. The maximum Gasteiger partial charge on any atom is 0.0887 e. The van der Waals surface area contributed by atoms with Gasteiger partial charge < -0.3 is 9.13 Å². The number of rotatable bonds is 7. The molecule has 0 aliphatic rings. The third-order valence-corrected chi connectivity index (χ3v) is 7.32. The van der Waals surface area contributed by atoms with E-state index in [0.717, 1.165) is 50.7 Å². The van der Waals surface area contributed by atoms with Gasteiger partial charge in [0.2, 0.25) is 0 Å². The van der Waals surface area contributed by atoms with E-state index in [2.05, 4.69) is 108 Å². The number of allylic oxidation sites excluding steroid dienone is 3. The van der Waals surface area contributed by atoms with Gasteiger partial charge in [0.1, 0.15) is 0 Å². The van der Waals surface area contributed by atoms with Gasteiger partial charge in [-0.15, -0.1) is 0 Å². The van der Waals surface area contributed by atoms with Crippen LogP contribution in [0.15, 0.2) is 117 Å². The summed E-state index contributed by atoms with van der Waals surface area (Å²) in [6, 6.07) is 25.1. The Kier molecular flexibility index (Phi) is 6.59. The molecule has 2 aromatic carbocycles. The van der Waals surface area contributed by atoms with Crippen LogP contribution in [0.2, 0.25) is 0 Å². The summed E-state index contributed by atoms with van der Waals surface area (Å²) in [5, 5.41) is 2.41. The van der Waals surface area contributed by atoms with Gasteiger partial charge in [-0.2, -0.15) is 0 Å². The molecule has 4 nitrogen and oxygen atoms in total. The number of hydrogen-bond donors (Lipinski definition) is 0. The fourth-order valence-corrected chi connectivity index (χ4v) is 5.50. The highest BCUT2D eigenvalue weighted by Gasteiger charge is 2.16. The highest BCUT2D eigenvalue weighted by atomic mass is 15.0. The maximum absolute atomic E-state index is 4.82. The molecule has 6 rings (SSSR count). The van der Waals surface area contributed by atoms with Gasteiger partial charge in [0.05, 0.1) is 51.9 Å². The fraction of sp³-hybridized carbons (Fsp3) is 0.0556. The molecule has 0 aliphatic heterocycles. The first-order valence-electron chi connectivity index (χ1n) is 13.4. The van der Waals surface area contributed by atoms with Gasteiger partial charge in [-0.05, 0) is 68.0 Å². The third-order valence-electron chi connectivity index (χ3n) is 7.32. The van der Waals surface area contributed by atoms with Crippen molar-refractivity contribution in [3.8, 4) is 22.8 Å². The SMILES string of the molecule is C=C/C=C\c1c(C)c2ccccc2n1-c1ccc(-c2ccc(-n3c(C=C)c(/C=C\C)c4ccccc43)cn2)nc1. The van der Waals surface area contributed by atoms with E-state index < -0.39 is 0 Å². The number of aromatic nitrogens is 4. The summed E-state index contributed by atoms with van der Waals surface area (Å²) in [7, 11) is 0. The summed E-state index contributed by atoms with van der Waals surface area (Å²) in [5.41, 5.74) is 10.4. The number of pyridine rings is 2. The maximum atomic E-state index is 4.82. The molecule has 0 amide bonds. The summed E-state index contributed by atoms with van der Waals surface area (Å²) in [4.78, 5) is 9.63. The Balaban J connectivity index is 1.39. The van der Waals surface area contributed by atoms with Gasteiger partial charge in [0.25, 0.3) is 0 Å². The lowest BCUT2D eigenvalue weighted by Gasteiger charge is -2.11. The van der Waals surface area contributed by atoms with Crippen molar-refractivity contribution in [2.45, 2.75) is 13.8 Å². The number of hydrogen-bond acceptors (Lipinski definition) is 2. The summed E-state index contributed by atoms with van der Waals surface area (Å²) in [6.07, 6.45) is 15.8. The van der Waals surface area contributed by atoms with E-state index in [0.29, 0.717) is 0 Å². The minimum absolute atomic E-state index is 0.820. The number of benzene rings is 2. The molecule has 4 heterocycles. The Morgan fingerprint density at radius 1 is 0.675 bits per heavy atom. The summed E-state index contributed by atoms with van der Waals surface area (Å²) < 4.78 is 4.46. The van der Waals surface area contributed by atoms with E-state index in [1.807, 2.05) is 43.6 Å². The van der Waals surface area contributed by atoms with Gasteiger partial charge >= 0.3 is 0 Å². The van der Waals surface area contributed by atoms with Crippen LogP contribution in [0.3, 0.4) is 0 Å².